The van der Waals surface area contributed by atoms with Crippen LogP contribution >= 0.6 is 0 Å². The van der Waals surface area contributed by atoms with Gasteiger partial charge in [-0.3, -0.25) is 4.79 Å². The van der Waals surface area contributed by atoms with Gasteiger partial charge in [-0.15, -0.1) is 0 Å². The van der Waals surface area contributed by atoms with Gasteiger partial charge in [-0.2, -0.15) is 0 Å². The maximum atomic E-state index is 11.7. The van der Waals surface area contributed by atoms with Gasteiger partial charge < -0.3 is 10.0 Å². The van der Waals surface area contributed by atoms with Crippen molar-refractivity contribution in [3.63, 3.8) is 0 Å². The van der Waals surface area contributed by atoms with E-state index in [0.717, 1.165) is 36.7 Å². The Kier molecular flexibility index (Phi) is 4.49. The molecule has 116 valence electrons. The number of aliphatic carboxylic acids is 1. The maximum Gasteiger partial charge on any atom is 0.311 e. The van der Waals surface area contributed by atoms with Gasteiger partial charge in [0.25, 0.3) is 0 Å². The zero-order chi connectivity index (χ0) is 15.6. The first kappa shape index (κ1) is 15.7. The van der Waals surface area contributed by atoms with Gasteiger partial charge >= 0.3 is 5.97 Å². The van der Waals surface area contributed by atoms with Gasteiger partial charge in [0, 0.05) is 30.8 Å². The molecular formula is C16H25N3O2. The van der Waals surface area contributed by atoms with Crippen LogP contribution in [0, 0.1) is 12.3 Å². The third kappa shape index (κ3) is 3.17. The Morgan fingerprint density at radius 3 is 2.76 bits per heavy atom. The zero-order valence-electron chi connectivity index (χ0n) is 13.4. The summed E-state index contributed by atoms with van der Waals surface area (Å²) in [6.45, 7) is 9.47. The van der Waals surface area contributed by atoms with E-state index in [1.54, 1.807) is 0 Å². The van der Waals surface area contributed by atoms with Crippen LogP contribution < -0.4 is 4.90 Å². The second kappa shape index (κ2) is 6.00. The highest BCUT2D eigenvalue weighted by molar-refractivity contribution is 5.76. The summed E-state index contributed by atoms with van der Waals surface area (Å²) in [5.41, 5.74) is 0.293. The first-order valence-electron chi connectivity index (χ1n) is 7.72. The molecule has 1 fully saturated rings. The van der Waals surface area contributed by atoms with Gasteiger partial charge in [0.2, 0.25) is 0 Å². The van der Waals surface area contributed by atoms with Crippen LogP contribution in [0.4, 0.5) is 5.82 Å². The van der Waals surface area contributed by atoms with Gasteiger partial charge in [-0.25, -0.2) is 9.97 Å². The molecule has 5 heteroatoms. The van der Waals surface area contributed by atoms with Crippen LogP contribution in [0.1, 0.15) is 57.5 Å². The second-order valence-electron chi connectivity index (χ2n) is 6.34. The molecule has 1 aliphatic heterocycles. The minimum absolute atomic E-state index is 0.267. The van der Waals surface area contributed by atoms with E-state index in [2.05, 4.69) is 28.7 Å². The van der Waals surface area contributed by atoms with Crippen molar-refractivity contribution >= 4 is 11.8 Å². The number of carbonyl (C=O) groups is 1. The molecule has 21 heavy (non-hydrogen) atoms. The summed E-state index contributed by atoms with van der Waals surface area (Å²) in [6.07, 6.45) is 2.29. The number of carboxylic acids is 1. The number of nitrogens with zero attached hydrogens (tertiary/aromatic N) is 3. The molecule has 1 aliphatic rings. The summed E-state index contributed by atoms with van der Waals surface area (Å²) in [6, 6.07) is 1.96. The fourth-order valence-corrected chi connectivity index (χ4v) is 2.94. The molecule has 0 radical (unpaired) electrons. The number of anilines is 1. The van der Waals surface area contributed by atoms with E-state index in [0.29, 0.717) is 13.0 Å². The monoisotopic (exact) mass is 291 g/mol. The Labute approximate surface area is 126 Å². The molecular weight excluding hydrogens is 266 g/mol. The van der Waals surface area contributed by atoms with Crippen LogP contribution in [-0.2, 0) is 4.79 Å². The molecule has 0 aromatic carbocycles. The van der Waals surface area contributed by atoms with E-state index >= 15 is 0 Å². The first-order chi connectivity index (χ1) is 9.88. The Hall–Kier alpha value is -1.65. The van der Waals surface area contributed by atoms with Crippen LogP contribution in [0.25, 0.3) is 0 Å². The molecule has 2 heterocycles. The van der Waals surface area contributed by atoms with Crippen LogP contribution in [0.2, 0.25) is 0 Å². The van der Waals surface area contributed by atoms with Gasteiger partial charge in [0.05, 0.1) is 5.41 Å². The first-order valence-corrected chi connectivity index (χ1v) is 7.72. The molecule has 1 saturated heterocycles. The number of hydrogen-bond donors (Lipinski definition) is 1. The number of aromatic nitrogens is 2. The van der Waals surface area contributed by atoms with Crippen molar-refractivity contribution in [2.75, 3.05) is 18.0 Å². The molecule has 5 nitrogen and oxygen atoms in total. The molecule has 1 aromatic heterocycles. The third-order valence-corrected chi connectivity index (χ3v) is 4.41. The highest BCUT2D eigenvalue weighted by Gasteiger charge is 2.41. The summed E-state index contributed by atoms with van der Waals surface area (Å²) in [7, 11) is 0. The smallest absolute Gasteiger partial charge is 0.311 e. The summed E-state index contributed by atoms with van der Waals surface area (Å²) >= 11 is 0. The Morgan fingerprint density at radius 2 is 2.19 bits per heavy atom. The minimum Gasteiger partial charge on any atom is -0.481 e. The highest BCUT2D eigenvalue weighted by Crippen LogP contribution is 2.35. The van der Waals surface area contributed by atoms with E-state index in [-0.39, 0.29) is 5.92 Å². The van der Waals surface area contributed by atoms with Crippen molar-refractivity contribution < 1.29 is 9.90 Å². The summed E-state index contributed by atoms with van der Waals surface area (Å²) in [5, 5.41) is 9.59. The van der Waals surface area contributed by atoms with E-state index in [1.165, 1.54) is 0 Å². The Balaban J connectivity index is 2.31. The summed E-state index contributed by atoms with van der Waals surface area (Å²) < 4.78 is 0. The van der Waals surface area contributed by atoms with Crippen molar-refractivity contribution in [2.45, 2.75) is 52.9 Å². The lowest BCUT2D eigenvalue weighted by molar-refractivity contribution is -0.149. The maximum absolute atomic E-state index is 11.7. The van der Waals surface area contributed by atoms with E-state index in [9.17, 15) is 9.90 Å². The zero-order valence-corrected chi connectivity index (χ0v) is 13.4. The lowest BCUT2D eigenvalue weighted by Crippen LogP contribution is -2.48. The van der Waals surface area contributed by atoms with E-state index in [1.807, 2.05) is 19.9 Å². The number of piperidine rings is 1. The van der Waals surface area contributed by atoms with Crippen LogP contribution in [-0.4, -0.2) is 34.1 Å². The van der Waals surface area contributed by atoms with Gasteiger partial charge in [-0.1, -0.05) is 20.8 Å². The Morgan fingerprint density at radius 1 is 1.48 bits per heavy atom. The van der Waals surface area contributed by atoms with Crippen LogP contribution in [0.15, 0.2) is 6.07 Å². The number of hydrogen-bond acceptors (Lipinski definition) is 4. The normalized spacial score (nSPS) is 22.6. The van der Waals surface area contributed by atoms with E-state index < -0.39 is 11.4 Å². The predicted octanol–water partition coefficient (Wildman–Crippen LogP) is 2.99. The van der Waals surface area contributed by atoms with Crippen molar-refractivity contribution in [3.8, 4) is 0 Å². The van der Waals surface area contributed by atoms with Gasteiger partial charge in [0.15, 0.2) is 0 Å². The van der Waals surface area contributed by atoms with Crippen LogP contribution in [0.3, 0.4) is 0 Å². The largest absolute Gasteiger partial charge is 0.481 e. The third-order valence-electron chi connectivity index (χ3n) is 4.41. The van der Waals surface area contributed by atoms with Crippen molar-refractivity contribution in [1.82, 2.24) is 9.97 Å². The number of aryl methyl sites for hydroxylation is 1. The van der Waals surface area contributed by atoms with E-state index in [4.69, 9.17) is 0 Å². The fraction of sp³-hybridized carbons (Fsp3) is 0.688. The minimum atomic E-state index is -0.690. The summed E-state index contributed by atoms with van der Waals surface area (Å²) in [5.74, 6) is 1.27. The predicted molar refractivity (Wildman–Crippen MR) is 82.7 cm³/mol. The number of rotatable bonds is 4. The highest BCUT2D eigenvalue weighted by atomic mass is 16.4. The fourth-order valence-electron chi connectivity index (χ4n) is 2.94. The lowest BCUT2D eigenvalue weighted by Gasteiger charge is -2.40. The number of carboxylic acid groups (broad SMARTS) is 1. The molecule has 0 spiro atoms. The molecule has 0 saturated carbocycles. The topological polar surface area (TPSA) is 66.3 Å². The van der Waals surface area contributed by atoms with Crippen molar-refractivity contribution in [2.24, 2.45) is 5.41 Å². The molecule has 0 bridgehead atoms. The quantitative estimate of drug-likeness (QED) is 0.923. The molecule has 1 N–H and O–H groups in total. The average Bonchev–Trinajstić information content (AvgIpc) is 2.46. The second-order valence-corrected chi connectivity index (χ2v) is 6.34. The average molecular weight is 291 g/mol. The molecule has 2 rings (SSSR count). The molecule has 0 amide bonds. The molecule has 1 aromatic rings. The summed E-state index contributed by atoms with van der Waals surface area (Å²) in [4.78, 5) is 22.9. The van der Waals surface area contributed by atoms with Gasteiger partial charge in [-0.05, 0) is 26.2 Å². The van der Waals surface area contributed by atoms with Crippen molar-refractivity contribution in [3.05, 3.63) is 17.6 Å². The van der Waals surface area contributed by atoms with Crippen molar-refractivity contribution in [1.29, 1.82) is 0 Å². The molecule has 1 atom stereocenters. The molecule has 1 unspecified atom stereocenters. The van der Waals surface area contributed by atoms with Crippen LogP contribution in [0.5, 0.6) is 0 Å². The Bertz CT molecular complexity index is 530. The lowest BCUT2D eigenvalue weighted by atomic mass is 9.77. The standard InChI is InChI=1S/C16H25N3O2/c1-5-16(15(20)21)7-6-8-19(10-16)13-9-12(4)17-14(18-13)11(2)3/h9,11H,5-8,10H2,1-4H3,(H,20,21). The van der Waals surface area contributed by atoms with Gasteiger partial charge in [0.1, 0.15) is 11.6 Å². The SMILES string of the molecule is CCC1(C(=O)O)CCCN(c2cc(C)nc(C(C)C)n2)C1. The molecule has 0 aliphatic carbocycles.